The minimum atomic E-state index is -0.0672. The van der Waals surface area contributed by atoms with E-state index in [1.807, 2.05) is 30.3 Å². The molecule has 2 heterocycles. The van der Waals surface area contributed by atoms with Crippen molar-refractivity contribution in [2.24, 2.45) is 0 Å². The number of aromatic nitrogens is 2. The molecule has 1 aliphatic heterocycles. The Hall–Kier alpha value is -2.25. The van der Waals surface area contributed by atoms with Gasteiger partial charge in [-0.15, -0.1) is 0 Å². The van der Waals surface area contributed by atoms with Gasteiger partial charge in [0.15, 0.2) is 5.82 Å². The molecule has 0 radical (unpaired) electrons. The molecule has 26 heavy (non-hydrogen) atoms. The largest absolute Gasteiger partial charge is 0.375 e. The van der Waals surface area contributed by atoms with Crippen LogP contribution in [0.4, 0.5) is 0 Å². The first-order chi connectivity index (χ1) is 12.6. The van der Waals surface area contributed by atoms with E-state index in [1.54, 1.807) is 0 Å². The second kappa shape index (κ2) is 8.91. The molecule has 1 aromatic heterocycles. The van der Waals surface area contributed by atoms with E-state index in [0.717, 1.165) is 18.7 Å². The maximum Gasteiger partial charge on any atom is 0.246 e. The second-order valence-electron chi connectivity index (χ2n) is 6.83. The lowest BCUT2D eigenvalue weighted by molar-refractivity contribution is -0.126. The number of nitrogens with zero attached hydrogens (tertiary/aromatic N) is 3. The fraction of sp³-hybridized carbons (Fsp3) is 0.526. The zero-order valence-corrected chi connectivity index (χ0v) is 15.4. The van der Waals surface area contributed by atoms with E-state index in [-0.39, 0.29) is 18.6 Å². The van der Waals surface area contributed by atoms with Crippen LogP contribution in [-0.2, 0) is 22.5 Å². The SMILES string of the molecule is CC(C)N1CCO[C@H](CC(=O)NCc2nc(Cc3ccccc3)no2)C1. The molecule has 140 valence electrons. The highest BCUT2D eigenvalue weighted by Crippen LogP contribution is 2.12. The summed E-state index contributed by atoms with van der Waals surface area (Å²) in [6, 6.07) is 10.4. The minimum Gasteiger partial charge on any atom is -0.375 e. The lowest BCUT2D eigenvalue weighted by Crippen LogP contribution is -2.47. The van der Waals surface area contributed by atoms with Gasteiger partial charge in [-0.3, -0.25) is 9.69 Å². The summed E-state index contributed by atoms with van der Waals surface area (Å²) in [4.78, 5) is 18.8. The van der Waals surface area contributed by atoms with Gasteiger partial charge in [0.05, 0.1) is 25.7 Å². The summed E-state index contributed by atoms with van der Waals surface area (Å²) in [6.07, 6.45) is 0.885. The second-order valence-corrected chi connectivity index (χ2v) is 6.83. The highest BCUT2D eigenvalue weighted by molar-refractivity contribution is 5.76. The van der Waals surface area contributed by atoms with Gasteiger partial charge >= 0.3 is 0 Å². The summed E-state index contributed by atoms with van der Waals surface area (Å²) in [7, 11) is 0. The van der Waals surface area contributed by atoms with E-state index in [4.69, 9.17) is 9.26 Å². The molecular formula is C19H26N4O3. The molecule has 1 aliphatic rings. The van der Waals surface area contributed by atoms with Gasteiger partial charge in [0, 0.05) is 25.6 Å². The van der Waals surface area contributed by atoms with Crippen LogP contribution in [-0.4, -0.2) is 52.8 Å². The van der Waals surface area contributed by atoms with Crippen LogP contribution < -0.4 is 5.32 Å². The zero-order valence-electron chi connectivity index (χ0n) is 15.4. The molecule has 7 heteroatoms. The molecule has 1 atom stereocenters. The van der Waals surface area contributed by atoms with Gasteiger partial charge in [-0.05, 0) is 19.4 Å². The molecule has 0 spiro atoms. The summed E-state index contributed by atoms with van der Waals surface area (Å²) in [5.74, 6) is 0.963. The average Bonchev–Trinajstić information content (AvgIpc) is 3.08. The van der Waals surface area contributed by atoms with E-state index in [1.165, 1.54) is 0 Å². The van der Waals surface area contributed by atoms with Crippen molar-refractivity contribution in [3.05, 3.63) is 47.6 Å². The molecule has 0 aliphatic carbocycles. The van der Waals surface area contributed by atoms with Gasteiger partial charge in [0.25, 0.3) is 0 Å². The number of hydrogen-bond donors (Lipinski definition) is 1. The van der Waals surface area contributed by atoms with Gasteiger partial charge in [-0.25, -0.2) is 0 Å². The number of nitrogens with one attached hydrogen (secondary N) is 1. The van der Waals surface area contributed by atoms with Crippen molar-refractivity contribution in [2.75, 3.05) is 19.7 Å². The van der Waals surface area contributed by atoms with Crippen molar-refractivity contribution in [1.29, 1.82) is 0 Å². The Kier molecular flexibility index (Phi) is 6.35. The quantitative estimate of drug-likeness (QED) is 0.813. The van der Waals surface area contributed by atoms with Crippen LogP contribution in [0, 0.1) is 0 Å². The number of carbonyl (C=O) groups is 1. The lowest BCUT2D eigenvalue weighted by atomic mass is 10.1. The standard InChI is InChI=1S/C19H26N4O3/c1-14(2)23-8-9-25-16(13-23)11-18(24)20-12-19-21-17(22-26-19)10-15-6-4-3-5-7-15/h3-7,14,16H,8-13H2,1-2H3,(H,20,24)/t16-/m1/s1. The van der Waals surface area contributed by atoms with E-state index in [2.05, 4.69) is 34.2 Å². The van der Waals surface area contributed by atoms with E-state index < -0.39 is 0 Å². The monoisotopic (exact) mass is 358 g/mol. The third-order valence-corrected chi connectivity index (χ3v) is 4.47. The molecule has 0 bridgehead atoms. The third-order valence-electron chi connectivity index (χ3n) is 4.47. The molecule has 1 fully saturated rings. The molecule has 3 rings (SSSR count). The molecule has 7 nitrogen and oxygen atoms in total. The Labute approximate surface area is 153 Å². The number of hydrogen-bond acceptors (Lipinski definition) is 6. The van der Waals surface area contributed by atoms with Crippen LogP contribution in [0.1, 0.15) is 37.5 Å². The van der Waals surface area contributed by atoms with Gasteiger partial charge in [0.2, 0.25) is 11.8 Å². The van der Waals surface area contributed by atoms with Crippen LogP contribution in [0.15, 0.2) is 34.9 Å². The summed E-state index contributed by atoms with van der Waals surface area (Å²) in [5, 5.41) is 6.80. The Morgan fingerprint density at radius 3 is 2.92 bits per heavy atom. The van der Waals surface area contributed by atoms with Crippen LogP contribution in [0.2, 0.25) is 0 Å². The highest BCUT2D eigenvalue weighted by atomic mass is 16.5. The average molecular weight is 358 g/mol. The molecule has 2 aromatic rings. The Balaban J connectivity index is 1.43. The lowest BCUT2D eigenvalue weighted by Gasteiger charge is -2.35. The first kappa shape index (κ1) is 18.5. The summed E-state index contributed by atoms with van der Waals surface area (Å²) < 4.78 is 10.9. The fourth-order valence-electron chi connectivity index (χ4n) is 3.00. The van der Waals surface area contributed by atoms with Crippen molar-refractivity contribution < 1.29 is 14.1 Å². The van der Waals surface area contributed by atoms with Crippen molar-refractivity contribution in [3.63, 3.8) is 0 Å². The van der Waals surface area contributed by atoms with Gasteiger partial charge in [0.1, 0.15) is 0 Å². The van der Waals surface area contributed by atoms with Crippen LogP contribution in [0.3, 0.4) is 0 Å². The van der Waals surface area contributed by atoms with Gasteiger partial charge in [-0.1, -0.05) is 35.5 Å². The van der Waals surface area contributed by atoms with Gasteiger partial charge in [-0.2, -0.15) is 4.98 Å². The number of rotatable bonds is 7. The summed E-state index contributed by atoms with van der Waals surface area (Å²) in [6.45, 7) is 6.93. The maximum absolute atomic E-state index is 12.2. The van der Waals surface area contributed by atoms with Crippen LogP contribution in [0.25, 0.3) is 0 Å². The predicted molar refractivity (Wildman–Crippen MR) is 96.5 cm³/mol. The fourth-order valence-corrected chi connectivity index (χ4v) is 3.00. The predicted octanol–water partition coefficient (Wildman–Crippen LogP) is 1.78. The Morgan fingerprint density at radius 2 is 2.15 bits per heavy atom. The van der Waals surface area contributed by atoms with E-state index in [9.17, 15) is 4.79 Å². The molecule has 1 amide bonds. The Morgan fingerprint density at radius 1 is 1.35 bits per heavy atom. The highest BCUT2D eigenvalue weighted by Gasteiger charge is 2.24. The summed E-state index contributed by atoms with van der Waals surface area (Å²) >= 11 is 0. The molecule has 1 N–H and O–H groups in total. The molecular weight excluding hydrogens is 332 g/mol. The minimum absolute atomic E-state index is 0.0663. The van der Waals surface area contributed by atoms with Crippen molar-refractivity contribution >= 4 is 5.91 Å². The first-order valence-electron chi connectivity index (χ1n) is 9.08. The Bertz CT molecular complexity index is 702. The van der Waals surface area contributed by atoms with Crippen molar-refractivity contribution in [1.82, 2.24) is 20.4 Å². The van der Waals surface area contributed by atoms with E-state index >= 15 is 0 Å². The number of carbonyl (C=O) groups excluding carboxylic acids is 1. The zero-order chi connectivity index (χ0) is 18.4. The van der Waals surface area contributed by atoms with E-state index in [0.29, 0.717) is 37.2 Å². The number of benzene rings is 1. The van der Waals surface area contributed by atoms with Crippen LogP contribution in [0.5, 0.6) is 0 Å². The molecule has 1 aromatic carbocycles. The van der Waals surface area contributed by atoms with Crippen molar-refractivity contribution in [3.8, 4) is 0 Å². The molecule has 0 unspecified atom stereocenters. The number of ether oxygens (including phenoxy) is 1. The number of amides is 1. The van der Waals surface area contributed by atoms with Crippen molar-refractivity contribution in [2.45, 2.75) is 45.4 Å². The maximum atomic E-state index is 12.2. The summed E-state index contributed by atoms with van der Waals surface area (Å²) in [5.41, 5.74) is 1.12. The molecule has 1 saturated heterocycles. The smallest absolute Gasteiger partial charge is 0.246 e. The van der Waals surface area contributed by atoms with Gasteiger partial charge < -0.3 is 14.6 Å². The normalized spacial score (nSPS) is 18.2. The van der Waals surface area contributed by atoms with Crippen LogP contribution >= 0.6 is 0 Å². The molecule has 0 saturated carbocycles. The number of morpholine rings is 1. The third kappa shape index (κ3) is 5.37. The topological polar surface area (TPSA) is 80.5 Å². The first-order valence-corrected chi connectivity index (χ1v) is 9.08.